The third-order valence-corrected chi connectivity index (χ3v) is 6.49. The highest BCUT2D eigenvalue weighted by Gasteiger charge is 2.37. The summed E-state index contributed by atoms with van der Waals surface area (Å²) < 4.78 is 22.7. The molecule has 1 N–H and O–H groups in total. The fraction of sp³-hybridized carbons (Fsp3) is 0.857. The first-order valence-corrected chi connectivity index (χ1v) is 9.51. The third-order valence-electron chi connectivity index (χ3n) is 4.65. The molecule has 2 amide bonds. The predicted molar refractivity (Wildman–Crippen MR) is 77.2 cm³/mol. The molecule has 0 aromatic carbocycles. The normalized spacial score (nSPS) is 31.6. The zero-order valence-corrected chi connectivity index (χ0v) is 12.9. The summed E-state index contributed by atoms with van der Waals surface area (Å²) in [5.41, 5.74) is 0. The first-order valence-electron chi connectivity index (χ1n) is 7.69. The number of rotatable bonds is 5. The molecule has 2 aliphatic heterocycles. The third kappa shape index (κ3) is 3.75. The number of amides is 2. The highest BCUT2D eigenvalue weighted by atomic mass is 32.2. The van der Waals surface area contributed by atoms with Crippen LogP contribution in [0.3, 0.4) is 0 Å². The van der Waals surface area contributed by atoms with Gasteiger partial charge in [0.05, 0.1) is 17.4 Å². The first kappa shape index (κ1) is 14.8. The van der Waals surface area contributed by atoms with E-state index in [4.69, 9.17) is 0 Å². The molecule has 2 atom stereocenters. The maximum absolute atomic E-state index is 12.1. The second-order valence-electron chi connectivity index (χ2n) is 6.66. The van der Waals surface area contributed by atoms with Crippen molar-refractivity contribution < 1.29 is 18.0 Å². The van der Waals surface area contributed by atoms with Gasteiger partial charge in [0.15, 0.2) is 9.84 Å². The molecule has 0 unspecified atom stereocenters. The SMILES string of the molecule is O=C(NC[C@H]1CCS(=O)(=O)C1)[C@@H]1CC(=O)N(CC2CC2)C1. The maximum atomic E-state index is 12.1. The second-order valence-corrected chi connectivity index (χ2v) is 8.89. The summed E-state index contributed by atoms with van der Waals surface area (Å²) >= 11 is 0. The Morgan fingerprint density at radius 3 is 2.62 bits per heavy atom. The minimum atomic E-state index is -2.90. The molecule has 118 valence electrons. The minimum Gasteiger partial charge on any atom is -0.355 e. The van der Waals surface area contributed by atoms with E-state index in [1.807, 2.05) is 4.90 Å². The summed E-state index contributed by atoms with van der Waals surface area (Å²) in [7, 11) is -2.90. The van der Waals surface area contributed by atoms with Crippen molar-refractivity contribution in [3.63, 3.8) is 0 Å². The molecule has 21 heavy (non-hydrogen) atoms. The number of likely N-dealkylation sites (tertiary alicyclic amines) is 1. The summed E-state index contributed by atoms with van der Waals surface area (Å²) in [6, 6.07) is 0. The van der Waals surface area contributed by atoms with Gasteiger partial charge in [0.1, 0.15) is 0 Å². The second kappa shape index (κ2) is 5.59. The van der Waals surface area contributed by atoms with Gasteiger partial charge < -0.3 is 10.2 Å². The van der Waals surface area contributed by atoms with Gasteiger partial charge in [-0.05, 0) is 31.1 Å². The molecule has 2 heterocycles. The predicted octanol–water partition coefficient (Wildman–Crippen LogP) is -0.204. The van der Waals surface area contributed by atoms with E-state index in [2.05, 4.69) is 5.32 Å². The summed E-state index contributed by atoms with van der Waals surface area (Å²) in [6.07, 6.45) is 3.30. The molecule has 3 rings (SSSR count). The van der Waals surface area contributed by atoms with E-state index in [0.29, 0.717) is 31.8 Å². The van der Waals surface area contributed by atoms with Crippen molar-refractivity contribution in [2.24, 2.45) is 17.8 Å². The van der Waals surface area contributed by atoms with Crippen molar-refractivity contribution in [2.45, 2.75) is 25.7 Å². The van der Waals surface area contributed by atoms with Gasteiger partial charge in [-0.25, -0.2) is 8.42 Å². The van der Waals surface area contributed by atoms with E-state index in [-0.39, 0.29) is 35.2 Å². The van der Waals surface area contributed by atoms with Gasteiger partial charge in [-0.1, -0.05) is 0 Å². The lowest BCUT2D eigenvalue weighted by atomic mass is 10.1. The topological polar surface area (TPSA) is 83.5 Å². The molecule has 3 aliphatic rings. The van der Waals surface area contributed by atoms with Crippen LogP contribution in [0.5, 0.6) is 0 Å². The molecule has 1 aliphatic carbocycles. The fourth-order valence-corrected chi connectivity index (χ4v) is 5.02. The van der Waals surface area contributed by atoms with Crippen LogP contribution in [-0.2, 0) is 19.4 Å². The average Bonchev–Trinajstić information content (AvgIpc) is 3.06. The Morgan fingerprint density at radius 2 is 2.00 bits per heavy atom. The van der Waals surface area contributed by atoms with Crippen molar-refractivity contribution in [1.82, 2.24) is 10.2 Å². The van der Waals surface area contributed by atoms with Crippen LogP contribution in [0.1, 0.15) is 25.7 Å². The van der Waals surface area contributed by atoms with Gasteiger partial charge in [0, 0.05) is 26.1 Å². The van der Waals surface area contributed by atoms with Crippen LogP contribution >= 0.6 is 0 Å². The minimum absolute atomic E-state index is 0.0265. The van der Waals surface area contributed by atoms with E-state index in [9.17, 15) is 18.0 Å². The highest BCUT2D eigenvalue weighted by Crippen LogP contribution is 2.32. The Hall–Kier alpha value is -1.11. The average molecular weight is 314 g/mol. The van der Waals surface area contributed by atoms with Gasteiger partial charge in [-0.2, -0.15) is 0 Å². The smallest absolute Gasteiger partial charge is 0.225 e. The van der Waals surface area contributed by atoms with Gasteiger partial charge in [0.2, 0.25) is 11.8 Å². The van der Waals surface area contributed by atoms with E-state index >= 15 is 0 Å². The van der Waals surface area contributed by atoms with Crippen LogP contribution in [0.4, 0.5) is 0 Å². The maximum Gasteiger partial charge on any atom is 0.225 e. The molecular formula is C14H22N2O4S. The van der Waals surface area contributed by atoms with E-state index in [1.54, 1.807) is 0 Å². The zero-order chi connectivity index (χ0) is 15.0. The number of carbonyl (C=O) groups is 2. The molecule has 0 aromatic rings. The number of sulfone groups is 1. The van der Waals surface area contributed by atoms with Gasteiger partial charge in [-0.3, -0.25) is 9.59 Å². The molecule has 0 aromatic heterocycles. The van der Waals surface area contributed by atoms with Crippen LogP contribution in [0, 0.1) is 17.8 Å². The van der Waals surface area contributed by atoms with Crippen LogP contribution < -0.4 is 5.32 Å². The lowest BCUT2D eigenvalue weighted by Gasteiger charge is -2.16. The Morgan fingerprint density at radius 1 is 1.24 bits per heavy atom. The molecular weight excluding hydrogens is 292 g/mol. The number of carbonyl (C=O) groups excluding carboxylic acids is 2. The molecule has 7 heteroatoms. The summed E-state index contributed by atoms with van der Waals surface area (Å²) in [4.78, 5) is 25.8. The van der Waals surface area contributed by atoms with E-state index in [1.165, 1.54) is 12.8 Å². The zero-order valence-electron chi connectivity index (χ0n) is 12.1. The first-order chi connectivity index (χ1) is 9.93. The number of hydrogen-bond acceptors (Lipinski definition) is 4. The fourth-order valence-electron chi connectivity index (χ4n) is 3.16. The number of nitrogens with one attached hydrogen (secondary N) is 1. The largest absolute Gasteiger partial charge is 0.355 e. The van der Waals surface area contributed by atoms with Crippen molar-refractivity contribution in [1.29, 1.82) is 0 Å². The van der Waals surface area contributed by atoms with E-state index < -0.39 is 9.84 Å². The summed E-state index contributed by atoms with van der Waals surface area (Å²) in [5, 5.41) is 2.83. The van der Waals surface area contributed by atoms with Crippen molar-refractivity contribution in [2.75, 3.05) is 31.1 Å². The van der Waals surface area contributed by atoms with Gasteiger partial charge >= 0.3 is 0 Å². The molecule has 0 bridgehead atoms. The van der Waals surface area contributed by atoms with Crippen molar-refractivity contribution >= 4 is 21.7 Å². The molecule has 0 spiro atoms. The Labute approximate surface area is 125 Å². The molecule has 0 radical (unpaired) electrons. The molecule has 1 saturated carbocycles. The molecule has 2 saturated heterocycles. The quantitative estimate of drug-likeness (QED) is 0.761. The van der Waals surface area contributed by atoms with Crippen LogP contribution in [0.2, 0.25) is 0 Å². The summed E-state index contributed by atoms with van der Waals surface area (Å²) in [6.45, 7) is 1.72. The summed E-state index contributed by atoms with van der Waals surface area (Å²) in [5.74, 6) is 0.763. The number of hydrogen-bond donors (Lipinski definition) is 1. The Balaban J connectivity index is 1.44. The van der Waals surface area contributed by atoms with Gasteiger partial charge in [0.25, 0.3) is 0 Å². The van der Waals surface area contributed by atoms with Crippen LogP contribution in [0.15, 0.2) is 0 Å². The lowest BCUT2D eigenvalue weighted by Crippen LogP contribution is -2.36. The Bertz CT molecular complexity index is 541. The standard InChI is InChI=1S/C14H22N2O4S/c17-13-5-12(8-16(13)7-10-1-2-10)14(18)15-6-11-3-4-21(19,20)9-11/h10-12H,1-9H2,(H,15,18)/t11-,12-/m1/s1. The van der Waals surface area contributed by atoms with Crippen LogP contribution in [-0.4, -0.2) is 56.3 Å². The number of nitrogens with zero attached hydrogens (tertiary/aromatic N) is 1. The molecule has 6 nitrogen and oxygen atoms in total. The van der Waals surface area contributed by atoms with Gasteiger partial charge in [-0.15, -0.1) is 0 Å². The monoisotopic (exact) mass is 314 g/mol. The molecule has 3 fully saturated rings. The lowest BCUT2D eigenvalue weighted by molar-refractivity contribution is -0.129. The van der Waals surface area contributed by atoms with Crippen molar-refractivity contribution in [3.05, 3.63) is 0 Å². The van der Waals surface area contributed by atoms with E-state index in [0.717, 1.165) is 6.54 Å². The highest BCUT2D eigenvalue weighted by molar-refractivity contribution is 7.91. The van der Waals surface area contributed by atoms with Crippen molar-refractivity contribution in [3.8, 4) is 0 Å². The Kier molecular flexibility index (Phi) is 3.94. The van der Waals surface area contributed by atoms with Crippen LogP contribution in [0.25, 0.3) is 0 Å².